The van der Waals surface area contributed by atoms with Gasteiger partial charge in [-0.25, -0.2) is 0 Å². The fraction of sp³-hybridized carbons (Fsp3) is 0.500. The monoisotopic (exact) mass is 274 g/mol. The van der Waals surface area contributed by atoms with Gasteiger partial charge in [0.1, 0.15) is 0 Å². The van der Waals surface area contributed by atoms with Crippen molar-refractivity contribution in [2.45, 2.75) is 39.2 Å². The summed E-state index contributed by atoms with van der Waals surface area (Å²) in [5.74, 6) is -0.00907. The van der Waals surface area contributed by atoms with Crippen LogP contribution in [0.5, 0.6) is 0 Å². The number of piperidine rings is 1. The first-order valence-electron chi connectivity index (χ1n) is 7.21. The summed E-state index contributed by atoms with van der Waals surface area (Å²) >= 11 is 0. The molecule has 0 bridgehead atoms. The van der Waals surface area contributed by atoms with Crippen LogP contribution < -0.4 is 5.32 Å². The molecule has 1 aromatic carbocycles. The Morgan fingerprint density at radius 1 is 1.35 bits per heavy atom. The number of likely N-dealkylation sites (tertiary alicyclic amines) is 1. The van der Waals surface area contributed by atoms with Gasteiger partial charge in [0.25, 0.3) is 0 Å². The number of nitrogens with one attached hydrogen (secondary N) is 1. The second kappa shape index (κ2) is 6.66. The average Bonchev–Trinajstić information content (AvgIpc) is 2.41. The van der Waals surface area contributed by atoms with Crippen molar-refractivity contribution in [2.75, 3.05) is 18.4 Å². The predicted octanol–water partition coefficient (Wildman–Crippen LogP) is 2.70. The van der Waals surface area contributed by atoms with E-state index in [-0.39, 0.29) is 11.7 Å². The molecule has 4 nitrogen and oxygen atoms in total. The average molecular weight is 274 g/mol. The van der Waals surface area contributed by atoms with Crippen LogP contribution in [0.25, 0.3) is 0 Å². The lowest BCUT2D eigenvalue weighted by Crippen LogP contribution is -2.42. The number of amides is 1. The normalized spacial score (nSPS) is 19.6. The summed E-state index contributed by atoms with van der Waals surface area (Å²) in [5, 5.41) is 2.87. The Labute approximate surface area is 120 Å². The Balaban J connectivity index is 1.94. The molecule has 0 spiro atoms. The van der Waals surface area contributed by atoms with Gasteiger partial charge in [-0.15, -0.1) is 0 Å². The van der Waals surface area contributed by atoms with Crippen LogP contribution in [-0.2, 0) is 4.79 Å². The van der Waals surface area contributed by atoms with E-state index in [0.717, 1.165) is 19.4 Å². The van der Waals surface area contributed by atoms with Gasteiger partial charge in [0, 0.05) is 17.3 Å². The highest BCUT2D eigenvalue weighted by Crippen LogP contribution is 2.16. The first kappa shape index (κ1) is 14.7. The summed E-state index contributed by atoms with van der Waals surface area (Å²) in [6.45, 7) is 5.10. The maximum atomic E-state index is 12.1. The predicted molar refractivity (Wildman–Crippen MR) is 80.0 cm³/mol. The lowest BCUT2D eigenvalue weighted by Gasteiger charge is -2.32. The number of hydrogen-bond donors (Lipinski definition) is 1. The lowest BCUT2D eigenvalue weighted by atomic mass is 10.0. The molecule has 0 aliphatic carbocycles. The van der Waals surface area contributed by atoms with Gasteiger partial charge in [-0.3, -0.25) is 14.5 Å². The minimum Gasteiger partial charge on any atom is -0.325 e. The number of rotatable bonds is 4. The molecule has 4 heteroatoms. The van der Waals surface area contributed by atoms with E-state index < -0.39 is 0 Å². The Morgan fingerprint density at radius 3 is 2.85 bits per heavy atom. The van der Waals surface area contributed by atoms with E-state index in [1.807, 2.05) is 6.07 Å². The number of Topliss-reactive ketones (excluding diaryl/α,β-unsaturated/α-hetero) is 1. The molecule has 0 aromatic heterocycles. The summed E-state index contributed by atoms with van der Waals surface area (Å²) in [7, 11) is 0. The van der Waals surface area contributed by atoms with E-state index in [0.29, 0.717) is 23.8 Å². The molecular formula is C16H22N2O2. The van der Waals surface area contributed by atoms with Crippen molar-refractivity contribution in [1.82, 2.24) is 4.90 Å². The number of anilines is 1. The maximum Gasteiger partial charge on any atom is 0.238 e. The number of carbonyl (C=O) groups excluding carboxylic acids is 2. The number of ketones is 1. The van der Waals surface area contributed by atoms with Gasteiger partial charge >= 0.3 is 0 Å². The molecule has 1 aliphatic rings. The van der Waals surface area contributed by atoms with Gasteiger partial charge in [-0.1, -0.05) is 18.6 Å². The van der Waals surface area contributed by atoms with Gasteiger partial charge in [0.2, 0.25) is 5.91 Å². The highest BCUT2D eigenvalue weighted by atomic mass is 16.2. The Kier molecular flexibility index (Phi) is 4.90. The van der Waals surface area contributed by atoms with E-state index >= 15 is 0 Å². The SMILES string of the molecule is CC(=O)c1cccc(NC(=O)CN2CCCC[C@@H]2C)c1. The van der Waals surface area contributed by atoms with Crippen molar-refractivity contribution in [3.05, 3.63) is 29.8 Å². The van der Waals surface area contributed by atoms with Crippen molar-refractivity contribution in [1.29, 1.82) is 0 Å². The van der Waals surface area contributed by atoms with Gasteiger partial charge in [-0.05, 0) is 45.4 Å². The molecule has 20 heavy (non-hydrogen) atoms. The molecule has 1 atom stereocenters. The largest absolute Gasteiger partial charge is 0.325 e. The smallest absolute Gasteiger partial charge is 0.238 e. The van der Waals surface area contributed by atoms with Crippen molar-refractivity contribution in [3.8, 4) is 0 Å². The number of hydrogen-bond acceptors (Lipinski definition) is 3. The zero-order chi connectivity index (χ0) is 14.5. The van der Waals surface area contributed by atoms with Crippen molar-refractivity contribution in [3.63, 3.8) is 0 Å². The third-order valence-corrected chi connectivity index (χ3v) is 3.84. The Morgan fingerprint density at radius 2 is 2.15 bits per heavy atom. The molecule has 108 valence electrons. The number of carbonyl (C=O) groups is 2. The second-order valence-electron chi connectivity index (χ2n) is 5.50. The van der Waals surface area contributed by atoms with E-state index in [9.17, 15) is 9.59 Å². The van der Waals surface area contributed by atoms with E-state index in [2.05, 4.69) is 17.1 Å². The fourth-order valence-corrected chi connectivity index (χ4v) is 2.59. The van der Waals surface area contributed by atoms with Gasteiger partial charge in [-0.2, -0.15) is 0 Å². The van der Waals surface area contributed by atoms with Crippen LogP contribution in [0.4, 0.5) is 5.69 Å². The standard InChI is InChI=1S/C16H22N2O2/c1-12-6-3-4-9-18(12)11-16(20)17-15-8-5-7-14(10-15)13(2)19/h5,7-8,10,12H,3-4,6,9,11H2,1-2H3,(H,17,20)/t12-/m0/s1. The van der Waals surface area contributed by atoms with Crippen molar-refractivity contribution in [2.24, 2.45) is 0 Å². The zero-order valence-corrected chi connectivity index (χ0v) is 12.2. The van der Waals surface area contributed by atoms with Gasteiger partial charge in [0.05, 0.1) is 6.54 Å². The van der Waals surface area contributed by atoms with Crippen molar-refractivity contribution < 1.29 is 9.59 Å². The summed E-state index contributed by atoms with van der Waals surface area (Å²) in [4.78, 5) is 25.6. The Hall–Kier alpha value is -1.68. The quantitative estimate of drug-likeness (QED) is 0.859. The van der Waals surface area contributed by atoms with Crippen LogP contribution in [0, 0.1) is 0 Å². The molecular weight excluding hydrogens is 252 g/mol. The highest BCUT2D eigenvalue weighted by Gasteiger charge is 2.20. The molecule has 1 amide bonds. The molecule has 0 unspecified atom stereocenters. The summed E-state index contributed by atoms with van der Waals surface area (Å²) in [5.41, 5.74) is 1.31. The highest BCUT2D eigenvalue weighted by molar-refractivity contribution is 5.97. The topological polar surface area (TPSA) is 49.4 Å². The summed E-state index contributed by atoms with van der Waals surface area (Å²) < 4.78 is 0. The van der Waals surface area contributed by atoms with E-state index in [1.54, 1.807) is 18.2 Å². The third kappa shape index (κ3) is 3.90. The van der Waals surface area contributed by atoms with Crippen LogP contribution in [0.15, 0.2) is 24.3 Å². The molecule has 0 saturated carbocycles. The summed E-state index contributed by atoms with van der Waals surface area (Å²) in [6.07, 6.45) is 3.57. The first-order valence-corrected chi connectivity index (χ1v) is 7.21. The Bertz CT molecular complexity index is 499. The van der Waals surface area contributed by atoms with Gasteiger partial charge < -0.3 is 5.32 Å². The van der Waals surface area contributed by atoms with E-state index in [1.165, 1.54) is 13.3 Å². The van der Waals surface area contributed by atoms with Crippen LogP contribution in [0.1, 0.15) is 43.5 Å². The lowest BCUT2D eigenvalue weighted by molar-refractivity contribution is -0.118. The van der Waals surface area contributed by atoms with Gasteiger partial charge in [0.15, 0.2) is 5.78 Å². The molecule has 0 radical (unpaired) electrons. The molecule has 1 saturated heterocycles. The molecule has 1 aromatic rings. The molecule has 2 rings (SSSR count). The number of nitrogens with zero attached hydrogens (tertiary/aromatic N) is 1. The fourth-order valence-electron chi connectivity index (χ4n) is 2.59. The molecule has 1 N–H and O–H groups in total. The maximum absolute atomic E-state index is 12.1. The van der Waals surface area contributed by atoms with Crippen LogP contribution >= 0.6 is 0 Å². The summed E-state index contributed by atoms with van der Waals surface area (Å²) in [6, 6.07) is 7.54. The first-order chi connectivity index (χ1) is 9.56. The van der Waals surface area contributed by atoms with E-state index in [4.69, 9.17) is 0 Å². The van der Waals surface area contributed by atoms with Crippen molar-refractivity contribution >= 4 is 17.4 Å². The minimum atomic E-state index is -0.0144. The third-order valence-electron chi connectivity index (χ3n) is 3.84. The molecule has 1 heterocycles. The second-order valence-corrected chi connectivity index (χ2v) is 5.50. The molecule has 1 aliphatic heterocycles. The minimum absolute atomic E-state index is 0.00533. The van der Waals surface area contributed by atoms with Crippen LogP contribution in [0.3, 0.4) is 0 Å². The number of benzene rings is 1. The zero-order valence-electron chi connectivity index (χ0n) is 12.2. The van der Waals surface area contributed by atoms with Crippen LogP contribution in [-0.4, -0.2) is 35.7 Å². The molecule has 1 fully saturated rings. The van der Waals surface area contributed by atoms with Crippen LogP contribution in [0.2, 0.25) is 0 Å².